The van der Waals surface area contributed by atoms with E-state index in [-0.39, 0.29) is 5.41 Å². The molecule has 0 N–H and O–H groups in total. The fraction of sp³-hybridized carbons (Fsp3) is 0.741. The van der Waals surface area contributed by atoms with Crippen LogP contribution in [0.3, 0.4) is 0 Å². The van der Waals surface area contributed by atoms with Gasteiger partial charge in [0.2, 0.25) is 0 Å². The third kappa shape index (κ3) is 3.84. The third-order valence-electron chi connectivity index (χ3n) is 8.59. The number of likely N-dealkylation sites (tertiary alicyclic amines) is 1. The Morgan fingerprint density at radius 3 is 2.23 bits per heavy atom. The highest BCUT2D eigenvalue weighted by molar-refractivity contribution is 5.84. The van der Waals surface area contributed by atoms with E-state index in [9.17, 15) is 0 Å². The maximum Gasteiger partial charge on any atom is 0.171 e. The molecule has 1 spiro atoms. The zero-order chi connectivity index (χ0) is 22.0. The molecular weight excluding hydrogens is 382 g/mol. The highest BCUT2D eigenvalue weighted by Crippen LogP contribution is 2.47. The molecule has 3 aliphatic rings. The number of hydrogen-bond donors (Lipinski definition) is 0. The summed E-state index contributed by atoms with van der Waals surface area (Å²) in [6.07, 6.45) is 8.33. The minimum absolute atomic E-state index is 0.0119. The van der Waals surface area contributed by atoms with Crippen LogP contribution in [-0.2, 0) is 18.5 Å². The van der Waals surface area contributed by atoms with Gasteiger partial charge in [-0.15, -0.1) is 0 Å². The molecule has 1 saturated heterocycles. The highest BCUT2D eigenvalue weighted by Gasteiger charge is 2.42. The van der Waals surface area contributed by atoms with E-state index in [0.29, 0.717) is 11.0 Å². The minimum Gasteiger partial charge on any atom is -0.356 e. The maximum atomic E-state index is 5.90. The van der Waals surface area contributed by atoms with Crippen LogP contribution in [0.4, 0.5) is 0 Å². The van der Waals surface area contributed by atoms with E-state index in [1.807, 2.05) is 0 Å². The number of nitrogens with zero attached hydrogens (tertiary/aromatic N) is 3. The van der Waals surface area contributed by atoms with Gasteiger partial charge in [-0.05, 0) is 89.4 Å². The SMILES string of the molecule is CC(C)(C)c1noc2c3c(ccc12)CN(C1CCC2(CC1)CCN(C(C)(C)C)CC2)C3. The van der Waals surface area contributed by atoms with Crippen molar-refractivity contribution in [3.8, 4) is 0 Å². The Bertz CT molecular complexity index is 943. The molecule has 0 amide bonds. The van der Waals surface area contributed by atoms with Crippen LogP contribution in [0.5, 0.6) is 0 Å². The van der Waals surface area contributed by atoms with Crippen molar-refractivity contribution in [3.63, 3.8) is 0 Å². The smallest absolute Gasteiger partial charge is 0.171 e. The van der Waals surface area contributed by atoms with E-state index in [1.54, 1.807) is 0 Å². The fourth-order valence-electron chi connectivity index (χ4n) is 6.43. The molecule has 0 radical (unpaired) electrons. The lowest BCUT2D eigenvalue weighted by Gasteiger charge is -2.50. The Labute approximate surface area is 188 Å². The fourth-order valence-corrected chi connectivity index (χ4v) is 6.43. The molecule has 3 heterocycles. The summed E-state index contributed by atoms with van der Waals surface area (Å²) in [5, 5.41) is 5.67. The standard InChI is InChI=1S/C27H41N3O/c1-25(2,3)24-21-8-7-19-17-29(18-22(19)23(21)31-28-24)20-9-11-27(12-10-20)13-15-30(16-14-27)26(4,5)6/h7-8,20H,9-18H2,1-6H3. The van der Waals surface area contributed by atoms with Crippen molar-refractivity contribution in [2.75, 3.05) is 13.1 Å². The molecule has 4 heteroatoms. The maximum absolute atomic E-state index is 5.90. The van der Waals surface area contributed by atoms with Crippen LogP contribution < -0.4 is 0 Å². The molecule has 1 saturated carbocycles. The zero-order valence-electron chi connectivity index (χ0n) is 20.6. The second kappa shape index (κ2) is 7.31. The van der Waals surface area contributed by atoms with Crippen molar-refractivity contribution in [2.45, 2.75) is 110 Å². The van der Waals surface area contributed by atoms with E-state index >= 15 is 0 Å². The highest BCUT2D eigenvalue weighted by atomic mass is 16.5. The van der Waals surface area contributed by atoms with E-state index in [4.69, 9.17) is 4.52 Å². The molecule has 0 bridgehead atoms. The number of aromatic nitrogens is 1. The molecule has 1 aromatic carbocycles. The molecule has 31 heavy (non-hydrogen) atoms. The molecule has 2 aromatic rings. The lowest BCUT2D eigenvalue weighted by Crippen LogP contribution is -2.50. The van der Waals surface area contributed by atoms with Gasteiger partial charge in [-0.25, -0.2) is 0 Å². The Kier molecular flexibility index (Phi) is 5.06. The van der Waals surface area contributed by atoms with Crippen molar-refractivity contribution in [1.29, 1.82) is 0 Å². The summed E-state index contributed by atoms with van der Waals surface area (Å²) in [5.74, 6) is 0. The molecule has 4 nitrogen and oxygen atoms in total. The second-order valence-electron chi connectivity index (χ2n) is 12.7. The van der Waals surface area contributed by atoms with Crippen LogP contribution in [0.2, 0.25) is 0 Å². The van der Waals surface area contributed by atoms with Gasteiger partial charge in [-0.3, -0.25) is 9.80 Å². The number of fused-ring (bicyclic) bond motifs is 3. The number of hydrogen-bond acceptors (Lipinski definition) is 4. The summed E-state index contributed by atoms with van der Waals surface area (Å²) in [7, 11) is 0. The van der Waals surface area contributed by atoms with E-state index < -0.39 is 0 Å². The van der Waals surface area contributed by atoms with E-state index in [2.05, 4.69) is 68.6 Å². The topological polar surface area (TPSA) is 32.5 Å². The Morgan fingerprint density at radius 2 is 1.61 bits per heavy atom. The van der Waals surface area contributed by atoms with Crippen LogP contribution >= 0.6 is 0 Å². The van der Waals surface area contributed by atoms with Crippen LogP contribution in [0.25, 0.3) is 11.0 Å². The molecule has 5 rings (SSSR count). The summed E-state index contributed by atoms with van der Waals surface area (Å²) in [6, 6.07) is 5.29. The predicted octanol–water partition coefficient (Wildman–Crippen LogP) is 6.26. The largest absolute Gasteiger partial charge is 0.356 e. The summed E-state index contributed by atoms with van der Waals surface area (Å²) < 4.78 is 5.90. The molecule has 2 fully saturated rings. The van der Waals surface area contributed by atoms with Crippen molar-refractivity contribution in [3.05, 3.63) is 29.0 Å². The van der Waals surface area contributed by atoms with Gasteiger partial charge in [-0.1, -0.05) is 32.0 Å². The second-order valence-corrected chi connectivity index (χ2v) is 12.7. The first kappa shape index (κ1) is 21.5. The van der Waals surface area contributed by atoms with Crippen molar-refractivity contribution in [1.82, 2.24) is 15.0 Å². The van der Waals surface area contributed by atoms with Gasteiger partial charge in [0, 0.05) is 41.0 Å². The first-order chi connectivity index (χ1) is 14.6. The molecule has 170 valence electrons. The number of benzene rings is 1. The van der Waals surface area contributed by atoms with Gasteiger partial charge in [0.05, 0.1) is 5.69 Å². The van der Waals surface area contributed by atoms with Gasteiger partial charge < -0.3 is 4.52 Å². The Morgan fingerprint density at radius 1 is 0.935 bits per heavy atom. The van der Waals surface area contributed by atoms with Crippen molar-refractivity contribution < 1.29 is 4.52 Å². The average Bonchev–Trinajstić information content (AvgIpc) is 3.32. The van der Waals surface area contributed by atoms with Crippen LogP contribution in [0, 0.1) is 5.41 Å². The van der Waals surface area contributed by atoms with Gasteiger partial charge in [0.15, 0.2) is 5.58 Å². The Hall–Kier alpha value is -1.39. The monoisotopic (exact) mass is 423 g/mol. The average molecular weight is 424 g/mol. The minimum atomic E-state index is 0.0119. The number of rotatable bonds is 1. The van der Waals surface area contributed by atoms with E-state index in [0.717, 1.165) is 30.4 Å². The number of piperidine rings is 1. The Balaban J connectivity index is 1.25. The van der Waals surface area contributed by atoms with Crippen molar-refractivity contribution in [2.24, 2.45) is 5.41 Å². The lowest BCUT2D eigenvalue weighted by atomic mass is 9.66. The normalized spacial score (nSPS) is 23.7. The summed E-state index contributed by atoms with van der Waals surface area (Å²) in [5.41, 5.74) is 5.90. The molecule has 2 aliphatic heterocycles. The van der Waals surface area contributed by atoms with Crippen molar-refractivity contribution >= 4 is 11.0 Å². The molecular formula is C27H41N3O. The summed E-state index contributed by atoms with van der Waals surface area (Å²) in [6.45, 7) is 18.4. The van der Waals surface area contributed by atoms with Gasteiger partial charge in [0.25, 0.3) is 0 Å². The summed E-state index contributed by atoms with van der Waals surface area (Å²) in [4.78, 5) is 5.41. The quantitative estimate of drug-likeness (QED) is 0.541. The summed E-state index contributed by atoms with van der Waals surface area (Å²) >= 11 is 0. The molecule has 1 aromatic heterocycles. The van der Waals surface area contributed by atoms with Crippen LogP contribution in [-0.4, -0.2) is 39.6 Å². The zero-order valence-corrected chi connectivity index (χ0v) is 20.6. The molecule has 1 aliphatic carbocycles. The van der Waals surface area contributed by atoms with Gasteiger partial charge in [-0.2, -0.15) is 0 Å². The van der Waals surface area contributed by atoms with Gasteiger partial charge >= 0.3 is 0 Å². The van der Waals surface area contributed by atoms with Crippen LogP contribution in [0.15, 0.2) is 16.7 Å². The predicted molar refractivity (Wildman–Crippen MR) is 127 cm³/mol. The first-order valence-electron chi connectivity index (χ1n) is 12.5. The van der Waals surface area contributed by atoms with Gasteiger partial charge in [0.1, 0.15) is 0 Å². The third-order valence-corrected chi connectivity index (χ3v) is 8.59. The first-order valence-corrected chi connectivity index (χ1v) is 12.5. The molecule has 0 unspecified atom stereocenters. The van der Waals surface area contributed by atoms with E-state index in [1.165, 1.54) is 68.1 Å². The lowest BCUT2D eigenvalue weighted by molar-refractivity contribution is 0.00257. The molecule has 0 atom stereocenters. The van der Waals surface area contributed by atoms with Crippen LogP contribution in [0.1, 0.15) is 96.9 Å².